The fraction of sp³-hybridized carbons (Fsp3) is 0.409. The standard InChI is InChI=1S/C22H30N2O4S/c1-7-24(8-2)29(26,27)18-14-13-16(3)20(15-18)22(25)23(5)17(4)19-11-9-10-12-21(19)28-6/h9-15,17H,7-8H2,1-6H3. The zero-order valence-electron chi connectivity index (χ0n) is 18.0. The summed E-state index contributed by atoms with van der Waals surface area (Å²) in [6.45, 7) is 8.07. The van der Waals surface area contributed by atoms with Crippen molar-refractivity contribution in [2.45, 2.75) is 38.6 Å². The Balaban J connectivity index is 2.42. The molecule has 0 saturated heterocycles. The Labute approximate surface area is 174 Å². The number of hydrogen-bond acceptors (Lipinski definition) is 4. The lowest BCUT2D eigenvalue weighted by Gasteiger charge is -2.27. The maximum Gasteiger partial charge on any atom is 0.254 e. The molecule has 0 aliphatic heterocycles. The molecule has 0 spiro atoms. The number of nitrogens with zero attached hydrogens (tertiary/aromatic N) is 2. The van der Waals surface area contributed by atoms with Crippen LogP contribution < -0.4 is 4.74 Å². The van der Waals surface area contributed by atoms with Crippen LogP contribution in [0.4, 0.5) is 0 Å². The van der Waals surface area contributed by atoms with Crippen molar-refractivity contribution in [2.75, 3.05) is 27.2 Å². The summed E-state index contributed by atoms with van der Waals surface area (Å²) in [7, 11) is -0.331. The molecule has 0 saturated carbocycles. The molecule has 0 aliphatic carbocycles. The first-order chi connectivity index (χ1) is 13.7. The van der Waals surface area contributed by atoms with Crippen molar-refractivity contribution < 1.29 is 17.9 Å². The van der Waals surface area contributed by atoms with E-state index in [4.69, 9.17) is 4.74 Å². The van der Waals surface area contributed by atoms with Gasteiger partial charge in [0.2, 0.25) is 10.0 Å². The molecule has 1 amide bonds. The van der Waals surface area contributed by atoms with Crippen LogP contribution >= 0.6 is 0 Å². The minimum Gasteiger partial charge on any atom is -0.496 e. The number of ether oxygens (including phenoxy) is 1. The second kappa shape index (κ2) is 9.41. The van der Waals surface area contributed by atoms with E-state index in [-0.39, 0.29) is 16.8 Å². The van der Waals surface area contributed by atoms with Gasteiger partial charge in [-0.2, -0.15) is 4.31 Å². The number of benzene rings is 2. The average Bonchev–Trinajstić information content (AvgIpc) is 2.72. The van der Waals surface area contributed by atoms with E-state index in [1.807, 2.05) is 38.1 Å². The average molecular weight is 419 g/mol. The third-order valence-corrected chi connectivity index (χ3v) is 7.32. The summed E-state index contributed by atoms with van der Waals surface area (Å²) in [5, 5.41) is 0. The third kappa shape index (κ3) is 4.62. The van der Waals surface area contributed by atoms with Gasteiger partial charge in [0.15, 0.2) is 0 Å². The Hall–Kier alpha value is -2.38. The number of sulfonamides is 1. The highest BCUT2D eigenvalue weighted by Gasteiger charge is 2.26. The van der Waals surface area contributed by atoms with Crippen molar-refractivity contribution in [1.82, 2.24) is 9.21 Å². The second-order valence-electron chi connectivity index (χ2n) is 6.90. The third-order valence-electron chi connectivity index (χ3n) is 5.27. The summed E-state index contributed by atoms with van der Waals surface area (Å²) in [4.78, 5) is 15.0. The summed E-state index contributed by atoms with van der Waals surface area (Å²) in [5.41, 5.74) is 1.99. The van der Waals surface area contributed by atoms with Crippen molar-refractivity contribution in [3.63, 3.8) is 0 Å². The lowest BCUT2D eigenvalue weighted by molar-refractivity contribution is 0.0740. The Kier molecular flexibility index (Phi) is 7.43. The molecule has 1 unspecified atom stereocenters. The maximum atomic E-state index is 13.2. The molecular weight excluding hydrogens is 388 g/mol. The summed E-state index contributed by atoms with van der Waals surface area (Å²) in [5.74, 6) is 0.465. The molecule has 2 aromatic rings. The van der Waals surface area contributed by atoms with Crippen LogP contribution in [0.5, 0.6) is 5.75 Å². The molecule has 0 fully saturated rings. The lowest BCUT2D eigenvalue weighted by Crippen LogP contribution is -2.32. The molecule has 0 radical (unpaired) electrons. The molecule has 0 bridgehead atoms. The number of hydrogen-bond donors (Lipinski definition) is 0. The summed E-state index contributed by atoms with van der Waals surface area (Å²) in [6.07, 6.45) is 0. The minimum atomic E-state index is -3.64. The zero-order chi connectivity index (χ0) is 21.8. The molecule has 0 N–H and O–H groups in total. The van der Waals surface area contributed by atoms with Crippen LogP contribution in [-0.4, -0.2) is 50.8 Å². The van der Waals surface area contributed by atoms with Gasteiger partial charge in [-0.05, 0) is 37.6 Å². The maximum absolute atomic E-state index is 13.2. The number of carbonyl (C=O) groups is 1. The van der Waals surface area contributed by atoms with Gasteiger partial charge >= 0.3 is 0 Å². The van der Waals surface area contributed by atoms with Crippen LogP contribution in [0.1, 0.15) is 48.3 Å². The number of amides is 1. The van der Waals surface area contributed by atoms with Gasteiger partial charge in [0, 0.05) is 31.3 Å². The Morgan fingerprint density at radius 2 is 1.72 bits per heavy atom. The fourth-order valence-corrected chi connectivity index (χ4v) is 4.78. The molecular formula is C22H30N2O4S. The van der Waals surface area contributed by atoms with Crippen LogP contribution in [0.2, 0.25) is 0 Å². The topological polar surface area (TPSA) is 66.9 Å². The van der Waals surface area contributed by atoms with E-state index >= 15 is 0 Å². The van der Waals surface area contributed by atoms with E-state index in [1.54, 1.807) is 45.0 Å². The molecule has 7 heteroatoms. The number of aryl methyl sites for hydroxylation is 1. The highest BCUT2D eigenvalue weighted by molar-refractivity contribution is 7.89. The van der Waals surface area contributed by atoms with E-state index in [9.17, 15) is 13.2 Å². The predicted octanol–water partition coefficient (Wildman–Crippen LogP) is 3.87. The van der Waals surface area contributed by atoms with Crippen molar-refractivity contribution in [3.05, 3.63) is 59.2 Å². The molecule has 2 aromatic carbocycles. The van der Waals surface area contributed by atoms with E-state index in [0.29, 0.717) is 24.4 Å². The molecule has 158 valence electrons. The Morgan fingerprint density at radius 3 is 2.31 bits per heavy atom. The van der Waals surface area contributed by atoms with Crippen molar-refractivity contribution in [3.8, 4) is 5.75 Å². The Bertz CT molecular complexity index is 969. The van der Waals surface area contributed by atoms with Gasteiger partial charge in [-0.15, -0.1) is 0 Å². The molecule has 1 atom stereocenters. The smallest absolute Gasteiger partial charge is 0.254 e. The number of methoxy groups -OCH3 is 1. The fourth-order valence-electron chi connectivity index (χ4n) is 3.29. The molecule has 2 rings (SSSR count). The van der Waals surface area contributed by atoms with Crippen LogP contribution in [-0.2, 0) is 10.0 Å². The number of carbonyl (C=O) groups excluding carboxylic acids is 1. The molecule has 6 nitrogen and oxygen atoms in total. The largest absolute Gasteiger partial charge is 0.496 e. The Morgan fingerprint density at radius 1 is 1.10 bits per heavy atom. The van der Waals surface area contributed by atoms with Gasteiger partial charge < -0.3 is 9.64 Å². The molecule has 0 heterocycles. The summed E-state index contributed by atoms with van der Waals surface area (Å²) in [6, 6.07) is 12.0. The van der Waals surface area contributed by atoms with E-state index in [2.05, 4.69) is 0 Å². The van der Waals surface area contributed by atoms with Gasteiger partial charge in [-0.3, -0.25) is 4.79 Å². The van der Waals surface area contributed by atoms with E-state index < -0.39 is 10.0 Å². The number of rotatable bonds is 8. The predicted molar refractivity (Wildman–Crippen MR) is 115 cm³/mol. The van der Waals surface area contributed by atoms with Gasteiger partial charge in [-0.25, -0.2) is 8.42 Å². The SMILES string of the molecule is CCN(CC)S(=O)(=O)c1ccc(C)c(C(=O)N(C)C(C)c2ccccc2OC)c1. The zero-order valence-corrected chi connectivity index (χ0v) is 18.8. The van der Waals surface area contributed by atoms with Crippen molar-refractivity contribution >= 4 is 15.9 Å². The quantitative estimate of drug-likeness (QED) is 0.653. The van der Waals surface area contributed by atoms with Crippen LogP contribution in [0, 0.1) is 6.92 Å². The second-order valence-corrected chi connectivity index (χ2v) is 8.84. The van der Waals surface area contributed by atoms with Crippen LogP contribution in [0.25, 0.3) is 0 Å². The molecule has 0 aliphatic rings. The first-order valence-electron chi connectivity index (χ1n) is 9.69. The normalized spacial score (nSPS) is 12.7. The van der Waals surface area contributed by atoms with Crippen molar-refractivity contribution in [2.24, 2.45) is 0 Å². The highest BCUT2D eigenvalue weighted by atomic mass is 32.2. The van der Waals surface area contributed by atoms with E-state index in [1.165, 1.54) is 10.4 Å². The van der Waals surface area contributed by atoms with Gasteiger partial charge in [0.1, 0.15) is 5.75 Å². The molecule has 0 aromatic heterocycles. The number of para-hydroxylation sites is 1. The first-order valence-corrected chi connectivity index (χ1v) is 11.1. The minimum absolute atomic E-state index is 0.133. The van der Waals surface area contributed by atoms with Crippen LogP contribution in [0.3, 0.4) is 0 Å². The van der Waals surface area contributed by atoms with Crippen molar-refractivity contribution in [1.29, 1.82) is 0 Å². The molecule has 29 heavy (non-hydrogen) atoms. The highest BCUT2D eigenvalue weighted by Crippen LogP contribution is 2.30. The first kappa shape index (κ1) is 22.9. The summed E-state index contributed by atoms with van der Waals surface area (Å²) < 4.78 is 32.5. The van der Waals surface area contributed by atoms with Gasteiger partial charge in [0.05, 0.1) is 18.0 Å². The van der Waals surface area contributed by atoms with Gasteiger partial charge in [0.25, 0.3) is 5.91 Å². The lowest BCUT2D eigenvalue weighted by atomic mass is 10.0. The monoisotopic (exact) mass is 418 g/mol. The van der Waals surface area contributed by atoms with E-state index in [0.717, 1.165) is 11.1 Å². The van der Waals surface area contributed by atoms with Crippen LogP contribution in [0.15, 0.2) is 47.4 Å². The van der Waals surface area contributed by atoms with Gasteiger partial charge in [-0.1, -0.05) is 38.1 Å². The summed E-state index contributed by atoms with van der Waals surface area (Å²) >= 11 is 0.